The second-order valence-corrected chi connectivity index (χ2v) is 5.65. The first-order valence-corrected chi connectivity index (χ1v) is 6.37. The first-order chi connectivity index (χ1) is 6.97. The van der Waals surface area contributed by atoms with Gasteiger partial charge in [-0.3, -0.25) is 0 Å². The molecule has 0 radical (unpaired) electrons. The molecule has 80 valence electrons. The van der Waals surface area contributed by atoms with Crippen LogP contribution in [0.2, 0.25) is 5.02 Å². The number of rotatable bonds is 3. The first-order valence-electron chi connectivity index (χ1n) is 4.34. The zero-order chi connectivity index (χ0) is 11.5. The van der Waals surface area contributed by atoms with Crippen molar-refractivity contribution in [1.29, 1.82) is 5.26 Å². The summed E-state index contributed by atoms with van der Waals surface area (Å²) in [6.45, 7) is 1.56. The molecule has 3 nitrogen and oxygen atoms in total. The quantitative estimate of drug-likeness (QED) is 0.818. The van der Waals surface area contributed by atoms with Gasteiger partial charge in [0, 0.05) is 0 Å². The zero-order valence-corrected chi connectivity index (χ0v) is 9.72. The monoisotopic (exact) mass is 243 g/mol. The Morgan fingerprint density at radius 3 is 2.60 bits per heavy atom. The van der Waals surface area contributed by atoms with Crippen molar-refractivity contribution in [3.8, 4) is 6.07 Å². The van der Waals surface area contributed by atoms with E-state index in [1.54, 1.807) is 19.1 Å². The summed E-state index contributed by atoms with van der Waals surface area (Å²) >= 11 is 5.77. The zero-order valence-electron chi connectivity index (χ0n) is 8.14. The SMILES string of the molecule is CC(C#N)CS(=O)(=O)c1ccccc1Cl. The van der Waals surface area contributed by atoms with Crippen LogP contribution in [0.4, 0.5) is 0 Å². The smallest absolute Gasteiger partial charge is 0.181 e. The summed E-state index contributed by atoms with van der Waals surface area (Å²) in [6, 6.07) is 8.12. The van der Waals surface area contributed by atoms with E-state index < -0.39 is 15.8 Å². The van der Waals surface area contributed by atoms with Crippen molar-refractivity contribution in [3.63, 3.8) is 0 Å². The minimum absolute atomic E-state index is 0.0915. The number of hydrogen-bond donors (Lipinski definition) is 0. The van der Waals surface area contributed by atoms with Crippen LogP contribution in [0, 0.1) is 17.2 Å². The second kappa shape index (κ2) is 4.65. The topological polar surface area (TPSA) is 57.9 Å². The van der Waals surface area contributed by atoms with Gasteiger partial charge >= 0.3 is 0 Å². The molecule has 0 fully saturated rings. The van der Waals surface area contributed by atoms with Crippen LogP contribution in [0.15, 0.2) is 29.2 Å². The fourth-order valence-corrected chi connectivity index (χ4v) is 3.20. The third-order valence-electron chi connectivity index (χ3n) is 1.86. The predicted octanol–water partition coefficient (Wildman–Crippen LogP) is 2.27. The normalized spacial score (nSPS) is 13.1. The number of benzene rings is 1. The van der Waals surface area contributed by atoms with Crippen molar-refractivity contribution >= 4 is 21.4 Å². The molecule has 0 spiro atoms. The van der Waals surface area contributed by atoms with Crippen molar-refractivity contribution in [2.24, 2.45) is 5.92 Å². The van der Waals surface area contributed by atoms with Crippen LogP contribution < -0.4 is 0 Å². The van der Waals surface area contributed by atoms with E-state index in [1.165, 1.54) is 12.1 Å². The number of sulfone groups is 1. The summed E-state index contributed by atoms with van der Waals surface area (Å²) in [5.41, 5.74) is 0. The van der Waals surface area contributed by atoms with Gasteiger partial charge in [0.2, 0.25) is 0 Å². The van der Waals surface area contributed by atoms with E-state index in [9.17, 15) is 8.42 Å². The molecule has 0 aliphatic rings. The van der Waals surface area contributed by atoms with Crippen molar-refractivity contribution < 1.29 is 8.42 Å². The lowest BCUT2D eigenvalue weighted by Crippen LogP contribution is -2.13. The minimum atomic E-state index is -3.46. The summed E-state index contributed by atoms with van der Waals surface area (Å²) in [5, 5.41) is 8.76. The summed E-state index contributed by atoms with van der Waals surface area (Å²) < 4.78 is 23.6. The molecule has 0 aliphatic heterocycles. The molecule has 15 heavy (non-hydrogen) atoms. The standard InChI is InChI=1S/C10H10ClNO2S/c1-8(6-12)7-15(13,14)10-5-3-2-4-9(10)11/h2-5,8H,7H2,1H3. The highest BCUT2D eigenvalue weighted by atomic mass is 35.5. The molecule has 0 saturated heterocycles. The molecule has 1 rings (SSSR count). The highest BCUT2D eigenvalue weighted by molar-refractivity contribution is 7.91. The van der Waals surface area contributed by atoms with Crippen LogP contribution in [0.25, 0.3) is 0 Å². The fraction of sp³-hybridized carbons (Fsp3) is 0.300. The van der Waals surface area contributed by atoms with Gasteiger partial charge < -0.3 is 0 Å². The van der Waals surface area contributed by atoms with E-state index >= 15 is 0 Å². The van der Waals surface area contributed by atoms with Crippen molar-refractivity contribution in [1.82, 2.24) is 0 Å². The maximum Gasteiger partial charge on any atom is 0.181 e. The van der Waals surface area contributed by atoms with Crippen molar-refractivity contribution in [3.05, 3.63) is 29.3 Å². The van der Waals surface area contributed by atoms with Crippen molar-refractivity contribution in [2.75, 3.05) is 5.75 Å². The molecule has 1 unspecified atom stereocenters. The van der Waals surface area contributed by atoms with E-state index in [4.69, 9.17) is 16.9 Å². The average Bonchev–Trinajstić information content (AvgIpc) is 2.17. The van der Waals surface area contributed by atoms with E-state index in [2.05, 4.69) is 0 Å². The molecule has 0 amide bonds. The Kier molecular flexibility index (Phi) is 3.72. The average molecular weight is 244 g/mol. The van der Waals surface area contributed by atoms with Gasteiger partial charge in [-0.2, -0.15) is 5.26 Å². The molecule has 1 aromatic rings. The van der Waals surface area contributed by atoms with E-state index in [0.29, 0.717) is 0 Å². The van der Waals surface area contributed by atoms with Crippen LogP contribution in [0.1, 0.15) is 6.92 Å². The van der Waals surface area contributed by atoms with Gasteiger partial charge in [-0.05, 0) is 19.1 Å². The largest absolute Gasteiger partial charge is 0.224 e. The Hall–Kier alpha value is -1.05. The maximum atomic E-state index is 11.8. The van der Waals surface area contributed by atoms with Gasteiger partial charge in [0.05, 0.1) is 27.7 Å². The molecule has 5 heteroatoms. The lowest BCUT2D eigenvalue weighted by Gasteiger charge is -2.06. The van der Waals surface area contributed by atoms with Gasteiger partial charge in [0.25, 0.3) is 0 Å². The summed E-state index contributed by atoms with van der Waals surface area (Å²) in [6.07, 6.45) is 0. The number of nitrogens with zero attached hydrogens (tertiary/aromatic N) is 1. The molecule has 0 N–H and O–H groups in total. The Balaban J connectivity index is 3.09. The van der Waals surface area contributed by atoms with Gasteiger partial charge in [0.15, 0.2) is 9.84 Å². The molecule has 0 aromatic heterocycles. The first kappa shape index (κ1) is 12.0. The van der Waals surface area contributed by atoms with E-state index in [1.807, 2.05) is 6.07 Å². The second-order valence-electron chi connectivity index (χ2n) is 3.24. The van der Waals surface area contributed by atoms with Crippen LogP contribution in [-0.2, 0) is 9.84 Å². The van der Waals surface area contributed by atoms with Crippen LogP contribution in [0.5, 0.6) is 0 Å². The molecule has 1 aromatic carbocycles. The molecule has 0 saturated carbocycles. The fourth-order valence-electron chi connectivity index (χ4n) is 1.15. The third-order valence-corrected chi connectivity index (χ3v) is 4.27. The van der Waals surface area contributed by atoms with Gasteiger partial charge in [-0.15, -0.1) is 0 Å². The lowest BCUT2D eigenvalue weighted by atomic mass is 10.3. The van der Waals surface area contributed by atoms with E-state index in [-0.39, 0.29) is 15.7 Å². The third kappa shape index (κ3) is 2.95. The highest BCUT2D eigenvalue weighted by Gasteiger charge is 2.20. The molecule has 0 aliphatic carbocycles. The Morgan fingerprint density at radius 1 is 1.47 bits per heavy atom. The summed E-state index contributed by atoms with van der Waals surface area (Å²) in [7, 11) is -3.46. The van der Waals surface area contributed by atoms with Crippen LogP contribution in [0.3, 0.4) is 0 Å². The van der Waals surface area contributed by atoms with Crippen molar-refractivity contribution in [2.45, 2.75) is 11.8 Å². The Morgan fingerprint density at radius 2 is 2.07 bits per heavy atom. The van der Waals surface area contributed by atoms with Crippen LogP contribution in [-0.4, -0.2) is 14.2 Å². The molecule has 0 bridgehead atoms. The minimum Gasteiger partial charge on any atom is -0.224 e. The summed E-state index contributed by atoms with van der Waals surface area (Å²) in [4.78, 5) is 0.0915. The number of halogens is 1. The van der Waals surface area contributed by atoms with Gasteiger partial charge in [-0.1, -0.05) is 23.7 Å². The lowest BCUT2D eigenvalue weighted by molar-refractivity contribution is 0.589. The summed E-state index contributed by atoms with van der Waals surface area (Å²) in [5.74, 6) is -0.737. The molecular weight excluding hydrogens is 234 g/mol. The van der Waals surface area contributed by atoms with Gasteiger partial charge in [0.1, 0.15) is 0 Å². The Bertz CT molecular complexity index is 490. The van der Waals surface area contributed by atoms with E-state index in [0.717, 1.165) is 0 Å². The molecule has 0 heterocycles. The van der Waals surface area contributed by atoms with Crippen LogP contribution >= 0.6 is 11.6 Å². The maximum absolute atomic E-state index is 11.8. The number of nitriles is 1. The molecular formula is C10H10ClNO2S. The highest BCUT2D eigenvalue weighted by Crippen LogP contribution is 2.22. The number of hydrogen-bond acceptors (Lipinski definition) is 3. The van der Waals surface area contributed by atoms with Gasteiger partial charge in [-0.25, -0.2) is 8.42 Å². The predicted molar refractivity (Wildman–Crippen MR) is 58.3 cm³/mol. The Labute approximate surface area is 94.2 Å². The molecule has 1 atom stereocenters.